The first kappa shape index (κ1) is 25.5. The van der Waals surface area contributed by atoms with Gasteiger partial charge in [0.2, 0.25) is 12.7 Å². The number of urea groups is 1. The summed E-state index contributed by atoms with van der Waals surface area (Å²) < 4.78 is 10.7. The van der Waals surface area contributed by atoms with Crippen molar-refractivity contribution < 1.29 is 29.0 Å². The van der Waals surface area contributed by atoms with Crippen molar-refractivity contribution in [3.8, 4) is 11.5 Å². The molecular formula is C25H27N3O6S2. The molecule has 2 aromatic heterocycles. The Bertz CT molecular complexity index is 1180. The molecule has 0 bridgehead atoms. The highest BCUT2D eigenvalue weighted by atomic mass is 32.1. The van der Waals surface area contributed by atoms with Crippen LogP contribution >= 0.6 is 22.7 Å². The van der Waals surface area contributed by atoms with Crippen molar-refractivity contribution in [2.45, 2.75) is 32.0 Å². The van der Waals surface area contributed by atoms with Crippen molar-refractivity contribution in [3.63, 3.8) is 0 Å². The molecule has 0 spiro atoms. The second-order valence-corrected chi connectivity index (χ2v) is 10.7. The van der Waals surface area contributed by atoms with Gasteiger partial charge in [-0.05, 0) is 47.5 Å². The quantitative estimate of drug-likeness (QED) is 0.409. The minimum atomic E-state index is -1.24. The Kier molecular flexibility index (Phi) is 7.80. The Balaban J connectivity index is 1.46. The maximum atomic E-state index is 13.2. The maximum absolute atomic E-state index is 13.2. The highest BCUT2D eigenvalue weighted by Crippen LogP contribution is 2.37. The minimum absolute atomic E-state index is 0.0824. The molecule has 3 heterocycles. The molecule has 9 nitrogen and oxygen atoms in total. The number of likely N-dealkylation sites (N-methyl/N-ethyl adjacent to an activating group) is 1. The molecule has 0 fully saturated rings. The number of aliphatic carboxylic acids is 1. The number of hydrogen-bond acceptors (Lipinski definition) is 7. The SMILES string of the molecule is CN(CC(=O)N(Cc1cccs1)Cc1cccs1)C(=O)N[C@](C)(CC(=O)O)c1ccc2c(c1)OCO2. The molecule has 11 heteroatoms. The molecule has 0 radical (unpaired) electrons. The van der Waals surface area contributed by atoms with Gasteiger partial charge >= 0.3 is 12.0 Å². The fourth-order valence-corrected chi connectivity index (χ4v) is 5.32. The Morgan fingerprint density at radius 1 is 1.03 bits per heavy atom. The number of carbonyl (C=O) groups excluding carboxylic acids is 2. The molecule has 1 atom stereocenters. The number of fused-ring (bicyclic) bond motifs is 1. The summed E-state index contributed by atoms with van der Waals surface area (Å²) >= 11 is 3.14. The van der Waals surface area contributed by atoms with Crippen LogP contribution in [-0.2, 0) is 28.2 Å². The lowest BCUT2D eigenvalue weighted by Gasteiger charge is -2.33. The van der Waals surface area contributed by atoms with E-state index in [0.717, 1.165) is 9.75 Å². The van der Waals surface area contributed by atoms with Crippen LogP contribution in [0, 0.1) is 0 Å². The van der Waals surface area contributed by atoms with Crippen LogP contribution < -0.4 is 14.8 Å². The third-order valence-corrected chi connectivity index (χ3v) is 7.55. The normalized spacial score (nSPS) is 13.6. The molecule has 0 unspecified atom stereocenters. The number of carbonyl (C=O) groups is 3. The Morgan fingerprint density at radius 2 is 1.67 bits per heavy atom. The van der Waals surface area contributed by atoms with E-state index in [2.05, 4.69) is 5.32 Å². The van der Waals surface area contributed by atoms with Crippen LogP contribution in [-0.4, -0.2) is 53.2 Å². The van der Waals surface area contributed by atoms with Crippen molar-refractivity contribution in [2.24, 2.45) is 0 Å². The predicted molar refractivity (Wildman–Crippen MR) is 136 cm³/mol. The van der Waals surface area contributed by atoms with E-state index in [0.29, 0.717) is 30.2 Å². The van der Waals surface area contributed by atoms with Crippen LogP contribution in [0.4, 0.5) is 4.79 Å². The third kappa shape index (κ3) is 6.16. The largest absolute Gasteiger partial charge is 0.481 e. The molecule has 1 aromatic carbocycles. The van der Waals surface area contributed by atoms with Crippen molar-refractivity contribution in [1.29, 1.82) is 0 Å². The van der Waals surface area contributed by atoms with E-state index < -0.39 is 17.5 Å². The van der Waals surface area contributed by atoms with Crippen LogP contribution in [0.5, 0.6) is 11.5 Å². The Labute approximate surface area is 216 Å². The van der Waals surface area contributed by atoms with E-state index in [1.165, 1.54) is 11.9 Å². The van der Waals surface area contributed by atoms with Gasteiger partial charge in [0.25, 0.3) is 0 Å². The van der Waals surface area contributed by atoms with Gasteiger partial charge in [-0.2, -0.15) is 0 Å². The lowest BCUT2D eigenvalue weighted by atomic mass is 9.88. The first-order chi connectivity index (χ1) is 17.2. The molecule has 190 valence electrons. The van der Waals surface area contributed by atoms with Gasteiger partial charge in [0, 0.05) is 16.8 Å². The average molecular weight is 530 g/mol. The zero-order valence-electron chi connectivity index (χ0n) is 19.9. The lowest BCUT2D eigenvalue weighted by molar-refractivity contribution is -0.138. The first-order valence-corrected chi connectivity index (χ1v) is 13.0. The van der Waals surface area contributed by atoms with Crippen molar-refractivity contribution >= 4 is 40.6 Å². The van der Waals surface area contributed by atoms with E-state index in [9.17, 15) is 19.5 Å². The number of thiophene rings is 2. The summed E-state index contributed by atoms with van der Waals surface area (Å²) in [6.45, 7) is 2.44. The van der Waals surface area contributed by atoms with Crippen LogP contribution in [0.2, 0.25) is 0 Å². The Morgan fingerprint density at radius 3 is 2.25 bits per heavy atom. The molecular weight excluding hydrogens is 502 g/mol. The van der Waals surface area contributed by atoms with Crippen LogP contribution in [0.15, 0.2) is 53.2 Å². The lowest BCUT2D eigenvalue weighted by Crippen LogP contribution is -2.51. The monoisotopic (exact) mass is 529 g/mol. The van der Waals surface area contributed by atoms with E-state index in [1.54, 1.807) is 52.7 Å². The predicted octanol–water partition coefficient (Wildman–Crippen LogP) is 4.10. The van der Waals surface area contributed by atoms with Crippen molar-refractivity contribution in [3.05, 3.63) is 68.5 Å². The van der Waals surface area contributed by atoms with Crippen LogP contribution in [0.1, 0.15) is 28.7 Å². The smallest absolute Gasteiger partial charge is 0.318 e. The summed E-state index contributed by atoms with van der Waals surface area (Å²) in [4.78, 5) is 43.1. The molecule has 36 heavy (non-hydrogen) atoms. The summed E-state index contributed by atoms with van der Waals surface area (Å²) in [5.41, 5.74) is -0.686. The van der Waals surface area contributed by atoms with E-state index >= 15 is 0 Å². The summed E-state index contributed by atoms with van der Waals surface area (Å²) in [6, 6.07) is 12.3. The fraction of sp³-hybridized carbons (Fsp3) is 0.320. The van der Waals surface area contributed by atoms with Gasteiger partial charge in [-0.3, -0.25) is 9.59 Å². The van der Waals surface area contributed by atoms with E-state index in [-0.39, 0.29) is 25.7 Å². The molecule has 0 saturated heterocycles. The molecule has 1 aliphatic rings. The number of amides is 3. The number of hydrogen-bond donors (Lipinski definition) is 2. The van der Waals surface area contributed by atoms with Gasteiger partial charge in [-0.15, -0.1) is 22.7 Å². The molecule has 1 aliphatic heterocycles. The van der Waals surface area contributed by atoms with Gasteiger partial charge < -0.3 is 29.7 Å². The van der Waals surface area contributed by atoms with Crippen molar-refractivity contribution in [1.82, 2.24) is 15.1 Å². The number of ether oxygens (including phenoxy) is 2. The zero-order chi connectivity index (χ0) is 25.7. The number of nitrogens with zero attached hydrogens (tertiary/aromatic N) is 2. The summed E-state index contributed by atoms with van der Waals surface area (Å²) in [5.74, 6) is -0.244. The van der Waals surface area contributed by atoms with Crippen LogP contribution in [0.3, 0.4) is 0 Å². The van der Waals surface area contributed by atoms with Gasteiger partial charge in [0.15, 0.2) is 11.5 Å². The second kappa shape index (κ2) is 11.0. The van der Waals surface area contributed by atoms with Crippen LogP contribution in [0.25, 0.3) is 0 Å². The maximum Gasteiger partial charge on any atom is 0.318 e. The first-order valence-electron chi connectivity index (χ1n) is 11.2. The average Bonchev–Trinajstić information content (AvgIpc) is 3.60. The fourth-order valence-electron chi connectivity index (χ4n) is 3.88. The number of benzene rings is 1. The molecule has 3 aromatic rings. The number of nitrogens with one attached hydrogen (secondary N) is 1. The molecule has 4 rings (SSSR count). The summed E-state index contributed by atoms with van der Waals surface area (Å²) in [7, 11) is 1.52. The highest BCUT2D eigenvalue weighted by Gasteiger charge is 2.34. The number of carboxylic acid groups (broad SMARTS) is 1. The topological polar surface area (TPSA) is 108 Å². The van der Waals surface area contributed by atoms with Gasteiger partial charge in [-0.25, -0.2) is 4.79 Å². The summed E-state index contributed by atoms with van der Waals surface area (Å²) in [6.07, 6.45) is -0.358. The summed E-state index contributed by atoms with van der Waals surface area (Å²) in [5, 5.41) is 16.3. The van der Waals surface area contributed by atoms with Gasteiger partial charge in [0.05, 0.1) is 25.0 Å². The highest BCUT2D eigenvalue weighted by molar-refractivity contribution is 7.10. The van der Waals surface area contributed by atoms with Gasteiger partial charge in [0.1, 0.15) is 6.54 Å². The molecule has 0 aliphatic carbocycles. The molecule has 0 saturated carbocycles. The second-order valence-electron chi connectivity index (χ2n) is 8.67. The number of carboxylic acids is 1. The molecule has 3 amide bonds. The van der Waals surface area contributed by atoms with E-state index in [4.69, 9.17) is 9.47 Å². The van der Waals surface area contributed by atoms with Gasteiger partial charge in [-0.1, -0.05) is 18.2 Å². The third-order valence-electron chi connectivity index (χ3n) is 5.82. The number of rotatable bonds is 10. The zero-order valence-corrected chi connectivity index (χ0v) is 21.6. The van der Waals surface area contributed by atoms with E-state index in [1.807, 2.05) is 35.0 Å². The standard InChI is InChI=1S/C25H27N3O6S2/c1-25(12-23(30)31,17-7-8-20-21(11-17)34-16-33-20)26-24(32)27(2)15-22(29)28(13-18-5-3-9-35-18)14-19-6-4-10-36-19/h3-11H,12-16H2,1-2H3,(H,26,32)(H,30,31)/t25-/m1/s1. The van der Waals surface area contributed by atoms with Crippen molar-refractivity contribution in [2.75, 3.05) is 20.4 Å². The Hall–Kier alpha value is -3.57. The molecule has 2 N–H and O–H groups in total. The minimum Gasteiger partial charge on any atom is -0.481 e.